The van der Waals surface area contributed by atoms with Crippen molar-refractivity contribution in [3.63, 3.8) is 0 Å². The molecule has 0 unspecified atom stereocenters. The summed E-state index contributed by atoms with van der Waals surface area (Å²) in [5.41, 5.74) is 2.40. The van der Waals surface area contributed by atoms with E-state index in [4.69, 9.17) is 9.47 Å². The Balaban J connectivity index is 1.40. The number of nitrogens with zero attached hydrogens (tertiary/aromatic N) is 3. The molecule has 1 amide bonds. The number of hydrogen-bond donors (Lipinski definition) is 0. The van der Waals surface area contributed by atoms with E-state index in [1.54, 1.807) is 12.0 Å². The fourth-order valence-corrected chi connectivity index (χ4v) is 3.63. The summed E-state index contributed by atoms with van der Waals surface area (Å²) in [6, 6.07) is 16.2. The summed E-state index contributed by atoms with van der Waals surface area (Å²) in [7, 11) is 3.56. The molecule has 0 spiro atoms. The van der Waals surface area contributed by atoms with Gasteiger partial charge in [0.2, 0.25) is 5.91 Å². The smallest absolute Gasteiger partial charge is 0.236 e. The van der Waals surface area contributed by atoms with Gasteiger partial charge in [0, 0.05) is 46.3 Å². The van der Waals surface area contributed by atoms with Gasteiger partial charge in [0.1, 0.15) is 11.5 Å². The van der Waals surface area contributed by atoms with Crippen molar-refractivity contribution >= 4 is 5.91 Å². The topological polar surface area (TPSA) is 45.2 Å². The molecule has 1 fully saturated rings. The van der Waals surface area contributed by atoms with E-state index in [2.05, 4.69) is 21.9 Å². The molecule has 0 aromatic heterocycles. The van der Waals surface area contributed by atoms with Crippen molar-refractivity contribution in [2.45, 2.75) is 20.0 Å². The van der Waals surface area contributed by atoms with E-state index in [1.807, 2.05) is 50.4 Å². The molecule has 1 saturated heterocycles. The lowest BCUT2D eigenvalue weighted by Crippen LogP contribution is -2.49. The average molecular weight is 412 g/mol. The first-order valence-corrected chi connectivity index (χ1v) is 10.6. The maximum Gasteiger partial charge on any atom is 0.236 e. The lowest BCUT2D eigenvalue weighted by atomic mass is 10.2. The molecular formula is C24H33N3O3. The van der Waals surface area contributed by atoms with Crippen molar-refractivity contribution in [2.75, 3.05) is 53.5 Å². The van der Waals surface area contributed by atoms with Gasteiger partial charge in [-0.25, -0.2) is 0 Å². The predicted molar refractivity (Wildman–Crippen MR) is 119 cm³/mol. The molecule has 2 aromatic carbocycles. The van der Waals surface area contributed by atoms with Crippen LogP contribution >= 0.6 is 0 Å². The molecule has 0 atom stereocenters. The number of carbonyl (C=O) groups is 1. The number of rotatable bonds is 9. The fraction of sp³-hybridized carbons (Fsp3) is 0.458. The summed E-state index contributed by atoms with van der Waals surface area (Å²) in [6.45, 7) is 8.43. The number of ether oxygens (including phenoxy) is 2. The van der Waals surface area contributed by atoms with Gasteiger partial charge in [-0.3, -0.25) is 14.6 Å². The summed E-state index contributed by atoms with van der Waals surface area (Å²) in [6.07, 6.45) is 0. The Hall–Kier alpha value is -2.57. The summed E-state index contributed by atoms with van der Waals surface area (Å²) in [5, 5.41) is 0. The van der Waals surface area contributed by atoms with Crippen LogP contribution < -0.4 is 9.47 Å². The van der Waals surface area contributed by atoms with Crippen LogP contribution in [0.1, 0.15) is 18.1 Å². The first-order valence-electron chi connectivity index (χ1n) is 10.6. The number of methoxy groups -OCH3 is 1. The molecule has 0 bridgehead atoms. The maximum atomic E-state index is 12.7. The zero-order valence-corrected chi connectivity index (χ0v) is 18.3. The zero-order valence-electron chi connectivity index (χ0n) is 18.3. The van der Waals surface area contributed by atoms with Crippen LogP contribution in [-0.2, 0) is 17.9 Å². The molecule has 0 N–H and O–H groups in total. The van der Waals surface area contributed by atoms with Crippen molar-refractivity contribution < 1.29 is 14.3 Å². The molecule has 30 heavy (non-hydrogen) atoms. The van der Waals surface area contributed by atoms with Crippen molar-refractivity contribution in [1.82, 2.24) is 14.7 Å². The van der Waals surface area contributed by atoms with Crippen molar-refractivity contribution in [3.8, 4) is 11.5 Å². The van der Waals surface area contributed by atoms with Gasteiger partial charge in [0.05, 0.1) is 20.3 Å². The van der Waals surface area contributed by atoms with E-state index in [1.165, 1.54) is 5.56 Å². The van der Waals surface area contributed by atoms with E-state index >= 15 is 0 Å². The Kier molecular flexibility index (Phi) is 8.11. The van der Waals surface area contributed by atoms with Crippen LogP contribution in [0.15, 0.2) is 48.5 Å². The van der Waals surface area contributed by atoms with Crippen molar-refractivity contribution in [1.29, 1.82) is 0 Å². The van der Waals surface area contributed by atoms with Gasteiger partial charge in [0.25, 0.3) is 0 Å². The minimum Gasteiger partial charge on any atom is -0.497 e. The van der Waals surface area contributed by atoms with Gasteiger partial charge in [0.15, 0.2) is 0 Å². The standard InChI is InChI=1S/C24H33N3O3/c1-4-30-23-11-7-20(8-12-23)17-25(2)24(28)19-27-15-13-26(14-16-27)18-21-5-9-22(29-3)10-6-21/h5-12H,4,13-19H2,1-3H3. The second kappa shape index (κ2) is 11.0. The van der Waals surface area contributed by atoms with Crippen LogP contribution in [0.4, 0.5) is 0 Å². The molecule has 0 saturated carbocycles. The van der Waals surface area contributed by atoms with Gasteiger partial charge in [-0.1, -0.05) is 24.3 Å². The van der Waals surface area contributed by atoms with Crippen LogP contribution in [0, 0.1) is 0 Å². The van der Waals surface area contributed by atoms with Crippen molar-refractivity contribution in [3.05, 3.63) is 59.7 Å². The van der Waals surface area contributed by atoms with E-state index in [0.717, 1.165) is 49.8 Å². The van der Waals surface area contributed by atoms with Gasteiger partial charge in [-0.05, 0) is 42.3 Å². The molecule has 1 heterocycles. The average Bonchev–Trinajstić information content (AvgIpc) is 2.77. The highest BCUT2D eigenvalue weighted by Gasteiger charge is 2.20. The normalized spacial score (nSPS) is 15.0. The molecule has 1 aliphatic heterocycles. The van der Waals surface area contributed by atoms with Gasteiger partial charge >= 0.3 is 0 Å². The van der Waals surface area contributed by atoms with Crippen LogP contribution in [0.2, 0.25) is 0 Å². The summed E-state index contributed by atoms with van der Waals surface area (Å²) >= 11 is 0. The summed E-state index contributed by atoms with van der Waals surface area (Å²) in [4.78, 5) is 19.1. The molecule has 1 aliphatic rings. The third kappa shape index (κ3) is 6.47. The van der Waals surface area contributed by atoms with Crippen LogP contribution in [0.3, 0.4) is 0 Å². The minimum atomic E-state index is 0.160. The molecule has 0 aliphatic carbocycles. The first-order chi connectivity index (χ1) is 14.6. The summed E-state index contributed by atoms with van der Waals surface area (Å²) < 4.78 is 10.7. The number of amides is 1. The zero-order chi connectivity index (χ0) is 21.3. The number of likely N-dealkylation sites (N-methyl/N-ethyl adjacent to an activating group) is 1. The number of benzene rings is 2. The van der Waals surface area contributed by atoms with E-state index < -0.39 is 0 Å². The highest BCUT2D eigenvalue weighted by atomic mass is 16.5. The lowest BCUT2D eigenvalue weighted by Gasteiger charge is -2.35. The Labute approximate surface area is 180 Å². The first kappa shape index (κ1) is 22.1. The third-order valence-electron chi connectivity index (χ3n) is 5.47. The molecule has 2 aromatic rings. The van der Waals surface area contributed by atoms with Crippen molar-refractivity contribution in [2.24, 2.45) is 0 Å². The van der Waals surface area contributed by atoms with Crippen LogP contribution in [-0.4, -0.2) is 74.1 Å². The number of hydrogen-bond acceptors (Lipinski definition) is 5. The molecule has 3 rings (SSSR count). The van der Waals surface area contributed by atoms with E-state index in [-0.39, 0.29) is 5.91 Å². The number of carbonyl (C=O) groups excluding carboxylic acids is 1. The Morgan fingerprint density at radius 3 is 2.07 bits per heavy atom. The van der Waals surface area contributed by atoms with Crippen LogP contribution in [0.5, 0.6) is 11.5 Å². The molecule has 6 heteroatoms. The quantitative estimate of drug-likeness (QED) is 0.635. The Morgan fingerprint density at radius 2 is 1.47 bits per heavy atom. The highest BCUT2D eigenvalue weighted by Crippen LogP contribution is 2.15. The Bertz CT molecular complexity index is 784. The largest absolute Gasteiger partial charge is 0.497 e. The third-order valence-corrected chi connectivity index (χ3v) is 5.47. The highest BCUT2D eigenvalue weighted by molar-refractivity contribution is 5.78. The van der Waals surface area contributed by atoms with Gasteiger partial charge in [-0.2, -0.15) is 0 Å². The predicted octanol–water partition coefficient (Wildman–Crippen LogP) is 2.87. The molecule has 0 radical (unpaired) electrons. The SMILES string of the molecule is CCOc1ccc(CN(C)C(=O)CN2CCN(Cc3ccc(OC)cc3)CC2)cc1. The summed E-state index contributed by atoms with van der Waals surface area (Å²) in [5.74, 6) is 1.91. The van der Waals surface area contributed by atoms with Gasteiger partial charge in [-0.15, -0.1) is 0 Å². The lowest BCUT2D eigenvalue weighted by molar-refractivity contribution is -0.132. The van der Waals surface area contributed by atoms with E-state index in [0.29, 0.717) is 19.7 Å². The monoisotopic (exact) mass is 411 g/mol. The molecule has 6 nitrogen and oxygen atoms in total. The van der Waals surface area contributed by atoms with E-state index in [9.17, 15) is 4.79 Å². The molecule has 162 valence electrons. The minimum absolute atomic E-state index is 0.160. The second-order valence-corrected chi connectivity index (χ2v) is 7.73. The number of piperazine rings is 1. The second-order valence-electron chi connectivity index (χ2n) is 7.73. The Morgan fingerprint density at radius 1 is 0.900 bits per heavy atom. The molecular weight excluding hydrogens is 378 g/mol. The maximum absolute atomic E-state index is 12.7. The fourth-order valence-electron chi connectivity index (χ4n) is 3.63. The van der Waals surface area contributed by atoms with Crippen LogP contribution in [0.25, 0.3) is 0 Å². The van der Waals surface area contributed by atoms with Gasteiger partial charge < -0.3 is 14.4 Å².